The van der Waals surface area contributed by atoms with Crippen LogP contribution in [0.2, 0.25) is 5.02 Å². The molecule has 0 saturated carbocycles. The van der Waals surface area contributed by atoms with Crippen LogP contribution in [0.1, 0.15) is 5.56 Å². The Morgan fingerprint density at radius 3 is 2.61 bits per heavy atom. The molecule has 0 aliphatic heterocycles. The number of benzene rings is 3. The molecule has 1 atom stereocenters. The molecule has 0 bridgehead atoms. The lowest BCUT2D eigenvalue weighted by Gasteiger charge is -2.11. The van der Waals surface area contributed by atoms with Crippen molar-refractivity contribution in [3.8, 4) is 22.4 Å². The highest BCUT2D eigenvalue weighted by Gasteiger charge is 2.14. The molecular weight excluding hydrogens is 395 g/mol. The van der Waals surface area contributed by atoms with Gasteiger partial charge in [-0.3, -0.25) is 0 Å². The Bertz CT molecular complexity index is 1150. The average Bonchev–Trinajstić information content (AvgIpc) is 3.09. The van der Waals surface area contributed by atoms with Crippen molar-refractivity contribution in [2.24, 2.45) is 0 Å². The van der Waals surface area contributed by atoms with Crippen molar-refractivity contribution in [2.45, 2.75) is 11.8 Å². The van der Waals surface area contributed by atoms with Crippen LogP contribution in [0.3, 0.4) is 0 Å². The maximum atomic E-state index is 14.3. The molecule has 0 saturated heterocycles. The van der Waals surface area contributed by atoms with Crippen LogP contribution in [-0.4, -0.2) is 16.6 Å². The lowest BCUT2D eigenvalue weighted by Crippen LogP contribution is -2.18. The molecule has 1 aromatic heterocycles. The number of halogens is 2. The summed E-state index contributed by atoms with van der Waals surface area (Å²) in [6.45, 7) is 2.00. The number of aryl methyl sites for hydroxylation is 1. The summed E-state index contributed by atoms with van der Waals surface area (Å²) < 4.78 is 28.9. The molecular formula is C22H18ClFN2OS. The van der Waals surface area contributed by atoms with E-state index in [1.807, 2.05) is 43.3 Å². The largest absolute Gasteiger partial charge is 0.593 e. The van der Waals surface area contributed by atoms with Gasteiger partial charge >= 0.3 is 0 Å². The Kier molecular flexibility index (Phi) is 5.17. The number of nitrogens with one attached hydrogen (secondary N) is 2. The zero-order valence-corrected chi connectivity index (χ0v) is 16.9. The van der Waals surface area contributed by atoms with Crippen molar-refractivity contribution in [1.29, 1.82) is 0 Å². The van der Waals surface area contributed by atoms with E-state index in [4.69, 9.17) is 11.6 Å². The van der Waals surface area contributed by atoms with Crippen molar-refractivity contribution >= 4 is 33.9 Å². The molecule has 0 aliphatic carbocycles. The fourth-order valence-corrected chi connectivity index (χ4v) is 4.36. The van der Waals surface area contributed by atoms with Crippen molar-refractivity contribution < 1.29 is 8.94 Å². The zero-order chi connectivity index (χ0) is 19.8. The van der Waals surface area contributed by atoms with Crippen LogP contribution in [0.5, 0.6) is 0 Å². The van der Waals surface area contributed by atoms with Gasteiger partial charge in [-0.1, -0.05) is 23.7 Å². The number of rotatable bonds is 4. The van der Waals surface area contributed by atoms with Gasteiger partial charge in [0.1, 0.15) is 5.82 Å². The third-order valence-corrected chi connectivity index (χ3v) is 6.13. The van der Waals surface area contributed by atoms with Gasteiger partial charge in [0.05, 0.1) is 27.6 Å². The normalized spacial score (nSPS) is 12.5. The molecule has 2 N–H and O–H groups in total. The van der Waals surface area contributed by atoms with Crippen LogP contribution < -0.4 is 4.72 Å². The van der Waals surface area contributed by atoms with E-state index in [-0.39, 0.29) is 5.82 Å². The van der Waals surface area contributed by atoms with Gasteiger partial charge in [0.25, 0.3) is 0 Å². The predicted octanol–water partition coefficient (Wildman–Crippen LogP) is 5.84. The zero-order valence-electron chi connectivity index (χ0n) is 15.3. The van der Waals surface area contributed by atoms with Gasteiger partial charge < -0.3 is 9.54 Å². The van der Waals surface area contributed by atoms with E-state index in [1.54, 1.807) is 19.2 Å². The molecule has 28 heavy (non-hydrogen) atoms. The fourth-order valence-electron chi connectivity index (χ4n) is 3.38. The number of hydrogen-bond acceptors (Lipinski definition) is 2. The van der Waals surface area contributed by atoms with E-state index < -0.39 is 11.4 Å². The van der Waals surface area contributed by atoms with Crippen LogP contribution in [0.25, 0.3) is 33.3 Å². The topological polar surface area (TPSA) is 50.9 Å². The second kappa shape index (κ2) is 7.60. The Labute approximate surface area is 170 Å². The number of aromatic amines is 1. The summed E-state index contributed by atoms with van der Waals surface area (Å²) in [5.74, 6) is -0.358. The van der Waals surface area contributed by atoms with E-state index >= 15 is 0 Å². The maximum Gasteiger partial charge on any atom is 0.174 e. The predicted molar refractivity (Wildman–Crippen MR) is 114 cm³/mol. The fraction of sp³-hybridized carbons (Fsp3) is 0.0909. The molecule has 0 fully saturated rings. The molecule has 3 aromatic carbocycles. The minimum absolute atomic E-state index is 0.358. The SMILES string of the molecule is CN[S+]([O-])c1ccc(-c2ccc3[nH]c(-c4c(F)cccc4Cl)cc3c2)c(C)c1. The Morgan fingerprint density at radius 2 is 1.89 bits per heavy atom. The third-order valence-electron chi connectivity index (χ3n) is 4.76. The van der Waals surface area contributed by atoms with Gasteiger partial charge in [-0.15, -0.1) is 4.72 Å². The molecule has 0 spiro atoms. The highest BCUT2D eigenvalue weighted by Crippen LogP contribution is 2.34. The summed E-state index contributed by atoms with van der Waals surface area (Å²) in [7, 11) is 1.67. The van der Waals surface area contributed by atoms with Crippen LogP contribution in [-0.2, 0) is 11.4 Å². The van der Waals surface area contributed by atoms with Crippen LogP contribution >= 0.6 is 11.6 Å². The first-order valence-electron chi connectivity index (χ1n) is 8.75. The summed E-state index contributed by atoms with van der Waals surface area (Å²) in [6, 6.07) is 18.4. The Balaban J connectivity index is 1.77. The van der Waals surface area contributed by atoms with Crippen molar-refractivity contribution in [3.05, 3.63) is 77.1 Å². The molecule has 6 heteroatoms. The number of hydrogen-bond donors (Lipinski definition) is 2. The lowest BCUT2D eigenvalue weighted by atomic mass is 9.99. The number of fused-ring (bicyclic) bond motifs is 1. The average molecular weight is 413 g/mol. The van der Waals surface area contributed by atoms with E-state index in [1.165, 1.54) is 6.07 Å². The molecule has 0 amide bonds. The molecule has 0 radical (unpaired) electrons. The minimum atomic E-state index is -1.21. The van der Waals surface area contributed by atoms with Gasteiger partial charge in [-0.2, -0.15) is 0 Å². The van der Waals surface area contributed by atoms with Crippen molar-refractivity contribution in [2.75, 3.05) is 7.05 Å². The van der Waals surface area contributed by atoms with E-state index in [0.29, 0.717) is 16.3 Å². The first-order chi connectivity index (χ1) is 13.5. The molecule has 4 rings (SSSR count). The number of H-pyrrole nitrogens is 1. The highest BCUT2D eigenvalue weighted by molar-refractivity contribution is 7.89. The molecule has 3 nitrogen and oxygen atoms in total. The van der Waals surface area contributed by atoms with E-state index in [9.17, 15) is 8.94 Å². The van der Waals surface area contributed by atoms with Gasteiger partial charge in [0.2, 0.25) is 0 Å². The summed E-state index contributed by atoms with van der Waals surface area (Å²) in [4.78, 5) is 3.98. The van der Waals surface area contributed by atoms with Crippen LogP contribution in [0, 0.1) is 12.7 Å². The van der Waals surface area contributed by atoms with Gasteiger partial charge in [0.15, 0.2) is 4.90 Å². The molecule has 4 aromatic rings. The molecule has 0 aliphatic rings. The van der Waals surface area contributed by atoms with E-state index in [0.717, 1.165) is 32.5 Å². The second-order valence-electron chi connectivity index (χ2n) is 6.53. The van der Waals surface area contributed by atoms with Crippen LogP contribution in [0.15, 0.2) is 65.6 Å². The highest BCUT2D eigenvalue weighted by atomic mass is 35.5. The first-order valence-corrected chi connectivity index (χ1v) is 10.3. The van der Waals surface area contributed by atoms with Crippen molar-refractivity contribution in [1.82, 2.24) is 9.71 Å². The quantitative estimate of drug-likeness (QED) is 0.413. The first kappa shape index (κ1) is 19.0. The lowest BCUT2D eigenvalue weighted by molar-refractivity contribution is 0.587. The molecule has 1 unspecified atom stereocenters. The summed E-state index contributed by atoms with van der Waals surface area (Å²) in [5.41, 5.74) is 5.06. The molecule has 142 valence electrons. The monoisotopic (exact) mass is 412 g/mol. The number of aromatic nitrogens is 1. The summed E-state index contributed by atoms with van der Waals surface area (Å²) in [5, 5.41) is 1.34. The summed E-state index contributed by atoms with van der Waals surface area (Å²) >= 11 is 4.99. The second-order valence-corrected chi connectivity index (χ2v) is 8.36. The van der Waals surface area contributed by atoms with Gasteiger partial charge in [-0.25, -0.2) is 4.39 Å². The Hall–Kier alpha value is -2.31. The van der Waals surface area contributed by atoms with Crippen LogP contribution in [0.4, 0.5) is 4.39 Å². The van der Waals surface area contributed by atoms with Crippen molar-refractivity contribution in [3.63, 3.8) is 0 Å². The molecule has 1 heterocycles. The Morgan fingerprint density at radius 1 is 1.07 bits per heavy atom. The van der Waals surface area contributed by atoms with E-state index in [2.05, 4.69) is 15.8 Å². The maximum absolute atomic E-state index is 14.3. The standard InChI is InChI=1S/C22H18ClFN2OS/c1-13-10-16(28(27)25-2)7-8-17(13)14-6-9-20-15(11-14)12-21(26-20)22-18(23)4-3-5-19(22)24/h3-12,25-26H,1-2H3. The minimum Gasteiger partial charge on any atom is -0.593 e. The van der Waals surface area contributed by atoms with Gasteiger partial charge in [0, 0.05) is 18.0 Å². The smallest absolute Gasteiger partial charge is 0.174 e. The van der Waals surface area contributed by atoms with Gasteiger partial charge in [-0.05, 0) is 72.1 Å². The summed E-state index contributed by atoms with van der Waals surface area (Å²) in [6.07, 6.45) is 0. The third kappa shape index (κ3) is 3.42.